The topological polar surface area (TPSA) is 54.9 Å². The molecule has 1 aromatic heterocycles. The summed E-state index contributed by atoms with van der Waals surface area (Å²) in [5.74, 6) is 1.45. The van der Waals surface area contributed by atoms with E-state index in [1.807, 2.05) is 48.5 Å². The van der Waals surface area contributed by atoms with Crippen LogP contribution in [0.5, 0.6) is 0 Å². The Morgan fingerprint density at radius 2 is 1.56 bits per heavy atom. The highest BCUT2D eigenvalue weighted by Gasteiger charge is 2.07. The SMILES string of the molecule is O=C(NCCCSc1ccccc1)c1cnc(-c2ccccc2)nc1. The van der Waals surface area contributed by atoms with Crippen molar-refractivity contribution in [3.63, 3.8) is 0 Å². The highest BCUT2D eigenvalue weighted by molar-refractivity contribution is 7.99. The van der Waals surface area contributed by atoms with Crippen LogP contribution in [0.15, 0.2) is 78.0 Å². The summed E-state index contributed by atoms with van der Waals surface area (Å²) in [5, 5.41) is 2.91. The lowest BCUT2D eigenvalue weighted by molar-refractivity contribution is 0.0953. The molecule has 2 aromatic carbocycles. The number of hydrogen-bond acceptors (Lipinski definition) is 4. The minimum absolute atomic E-state index is 0.135. The molecule has 0 unspecified atom stereocenters. The third-order valence-corrected chi connectivity index (χ3v) is 4.66. The van der Waals surface area contributed by atoms with Gasteiger partial charge >= 0.3 is 0 Å². The summed E-state index contributed by atoms with van der Waals surface area (Å²) in [6, 6.07) is 20.0. The Kier molecular flexibility index (Phi) is 6.17. The fraction of sp³-hybridized carbons (Fsp3) is 0.150. The molecule has 126 valence electrons. The molecule has 25 heavy (non-hydrogen) atoms. The molecular weight excluding hydrogens is 330 g/mol. The van der Waals surface area contributed by atoms with Crippen molar-refractivity contribution in [1.82, 2.24) is 15.3 Å². The van der Waals surface area contributed by atoms with Gasteiger partial charge < -0.3 is 5.32 Å². The van der Waals surface area contributed by atoms with E-state index in [9.17, 15) is 4.79 Å². The van der Waals surface area contributed by atoms with Crippen LogP contribution in [-0.2, 0) is 0 Å². The first-order chi connectivity index (χ1) is 12.3. The van der Waals surface area contributed by atoms with Crippen LogP contribution < -0.4 is 5.32 Å². The summed E-state index contributed by atoms with van der Waals surface area (Å²) in [4.78, 5) is 21.9. The van der Waals surface area contributed by atoms with Gasteiger partial charge in [0.15, 0.2) is 5.82 Å². The minimum atomic E-state index is -0.135. The fourth-order valence-corrected chi connectivity index (χ4v) is 3.14. The smallest absolute Gasteiger partial charge is 0.254 e. The fourth-order valence-electron chi connectivity index (χ4n) is 2.26. The predicted molar refractivity (Wildman–Crippen MR) is 102 cm³/mol. The second-order valence-corrected chi connectivity index (χ2v) is 6.60. The van der Waals surface area contributed by atoms with Crippen molar-refractivity contribution in [3.8, 4) is 11.4 Å². The van der Waals surface area contributed by atoms with Crippen LogP contribution in [0.2, 0.25) is 0 Å². The van der Waals surface area contributed by atoms with Crippen molar-refractivity contribution >= 4 is 17.7 Å². The second-order valence-electron chi connectivity index (χ2n) is 5.43. The lowest BCUT2D eigenvalue weighted by atomic mass is 10.2. The van der Waals surface area contributed by atoms with Crippen molar-refractivity contribution in [2.45, 2.75) is 11.3 Å². The molecule has 4 nitrogen and oxygen atoms in total. The highest BCUT2D eigenvalue weighted by Crippen LogP contribution is 2.17. The summed E-state index contributed by atoms with van der Waals surface area (Å²) in [5.41, 5.74) is 1.42. The molecule has 0 spiro atoms. The van der Waals surface area contributed by atoms with Gasteiger partial charge in [-0.2, -0.15) is 0 Å². The Hall–Kier alpha value is -2.66. The number of rotatable bonds is 7. The van der Waals surface area contributed by atoms with Crippen LogP contribution in [-0.4, -0.2) is 28.2 Å². The van der Waals surface area contributed by atoms with E-state index in [1.54, 1.807) is 24.2 Å². The van der Waals surface area contributed by atoms with Gasteiger partial charge in [0.1, 0.15) is 0 Å². The Labute approximate surface area is 151 Å². The van der Waals surface area contributed by atoms with Gasteiger partial charge in [0.05, 0.1) is 5.56 Å². The molecule has 5 heteroatoms. The van der Waals surface area contributed by atoms with Gasteiger partial charge in [-0.25, -0.2) is 9.97 Å². The summed E-state index contributed by atoms with van der Waals surface area (Å²) in [6.07, 6.45) is 4.06. The van der Waals surface area contributed by atoms with E-state index in [-0.39, 0.29) is 5.91 Å². The summed E-state index contributed by atoms with van der Waals surface area (Å²) in [6.45, 7) is 0.638. The molecule has 0 fully saturated rings. The largest absolute Gasteiger partial charge is 0.352 e. The molecule has 3 rings (SSSR count). The lowest BCUT2D eigenvalue weighted by Crippen LogP contribution is -2.25. The van der Waals surface area contributed by atoms with E-state index in [0.717, 1.165) is 17.7 Å². The quantitative estimate of drug-likeness (QED) is 0.516. The molecule has 1 amide bonds. The van der Waals surface area contributed by atoms with Crippen LogP contribution in [0.25, 0.3) is 11.4 Å². The number of aromatic nitrogens is 2. The van der Waals surface area contributed by atoms with Crippen molar-refractivity contribution in [2.24, 2.45) is 0 Å². The number of hydrogen-bond donors (Lipinski definition) is 1. The molecule has 0 atom stereocenters. The monoisotopic (exact) mass is 349 g/mol. The first-order valence-corrected chi connectivity index (χ1v) is 9.15. The highest BCUT2D eigenvalue weighted by atomic mass is 32.2. The second kappa shape index (κ2) is 8.99. The first-order valence-electron chi connectivity index (χ1n) is 8.16. The number of carbonyl (C=O) groups is 1. The Balaban J connectivity index is 1.44. The minimum Gasteiger partial charge on any atom is -0.352 e. The third-order valence-electron chi connectivity index (χ3n) is 3.56. The van der Waals surface area contributed by atoms with Crippen molar-refractivity contribution < 1.29 is 4.79 Å². The summed E-state index contributed by atoms with van der Waals surface area (Å²) >= 11 is 1.79. The zero-order chi connectivity index (χ0) is 17.3. The number of carbonyl (C=O) groups excluding carboxylic acids is 1. The normalized spacial score (nSPS) is 10.4. The molecular formula is C20H19N3OS. The maximum Gasteiger partial charge on any atom is 0.254 e. The zero-order valence-electron chi connectivity index (χ0n) is 13.8. The van der Waals surface area contributed by atoms with E-state index < -0.39 is 0 Å². The van der Waals surface area contributed by atoms with Gasteiger partial charge in [0, 0.05) is 29.4 Å². The summed E-state index contributed by atoms with van der Waals surface area (Å²) < 4.78 is 0. The van der Waals surface area contributed by atoms with Crippen LogP contribution in [0, 0.1) is 0 Å². The molecule has 1 heterocycles. The predicted octanol–water partition coefficient (Wildman–Crippen LogP) is 4.06. The van der Waals surface area contributed by atoms with Gasteiger partial charge in [-0.15, -0.1) is 11.8 Å². The number of benzene rings is 2. The van der Waals surface area contributed by atoms with Crippen LogP contribution in [0.1, 0.15) is 16.8 Å². The van der Waals surface area contributed by atoms with Crippen molar-refractivity contribution in [3.05, 3.63) is 78.6 Å². The number of thioether (sulfide) groups is 1. The number of nitrogens with one attached hydrogen (secondary N) is 1. The average Bonchev–Trinajstić information content (AvgIpc) is 2.69. The van der Waals surface area contributed by atoms with E-state index in [0.29, 0.717) is 17.9 Å². The molecule has 0 radical (unpaired) electrons. The van der Waals surface area contributed by atoms with E-state index in [2.05, 4.69) is 27.4 Å². The molecule has 0 aliphatic rings. The molecule has 3 aromatic rings. The maximum absolute atomic E-state index is 12.1. The number of amides is 1. The van der Waals surface area contributed by atoms with Gasteiger partial charge in [-0.05, 0) is 24.3 Å². The Morgan fingerprint density at radius 3 is 2.24 bits per heavy atom. The lowest BCUT2D eigenvalue weighted by Gasteiger charge is -2.06. The van der Waals surface area contributed by atoms with Crippen molar-refractivity contribution in [1.29, 1.82) is 0 Å². The first kappa shape index (κ1) is 17.2. The van der Waals surface area contributed by atoms with Crippen LogP contribution in [0.4, 0.5) is 0 Å². The van der Waals surface area contributed by atoms with Gasteiger partial charge in [0.2, 0.25) is 0 Å². The van der Waals surface area contributed by atoms with Crippen molar-refractivity contribution in [2.75, 3.05) is 12.3 Å². The van der Waals surface area contributed by atoms with Crippen LogP contribution in [0.3, 0.4) is 0 Å². The molecule has 0 aliphatic carbocycles. The maximum atomic E-state index is 12.1. The van der Waals surface area contributed by atoms with Gasteiger partial charge in [-0.3, -0.25) is 4.79 Å². The average molecular weight is 349 g/mol. The molecule has 0 bridgehead atoms. The molecule has 0 aliphatic heterocycles. The standard InChI is InChI=1S/C20H19N3OS/c24-20(21-12-7-13-25-18-10-5-2-6-11-18)17-14-22-19(23-15-17)16-8-3-1-4-9-16/h1-6,8-11,14-15H,7,12-13H2,(H,21,24). The van der Waals surface area contributed by atoms with E-state index in [4.69, 9.17) is 0 Å². The number of nitrogens with zero attached hydrogens (tertiary/aromatic N) is 2. The van der Waals surface area contributed by atoms with E-state index >= 15 is 0 Å². The van der Waals surface area contributed by atoms with E-state index in [1.165, 1.54) is 4.90 Å². The molecule has 0 saturated heterocycles. The van der Waals surface area contributed by atoms with Crippen LogP contribution >= 0.6 is 11.8 Å². The summed E-state index contributed by atoms with van der Waals surface area (Å²) in [7, 11) is 0. The third kappa shape index (κ3) is 5.16. The molecule has 1 N–H and O–H groups in total. The Bertz CT molecular complexity index is 792. The van der Waals surface area contributed by atoms with Gasteiger partial charge in [0.25, 0.3) is 5.91 Å². The zero-order valence-corrected chi connectivity index (χ0v) is 14.6. The molecule has 0 saturated carbocycles. The van der Waals surface area contributed by atoms with Gasteiger partial charge in [-0.1, -0.05) is 48.5 Å². The Morgan fingerprint density at radius 1 is 0.920 bits per heavy atom.